The number of amidine groups is 1. The van der Waals surface area contributed by atoms with Gasteiger partial charge in [-0.3, -0.25) is 19.7 Å². The highest BCUT2D eigenvalue weighted by atomic mass is 16.2. The van der Waals surface area contributed by atoms with Gasteiger partial charge in [-0.2, -0.15) is 10.1 Å². The third kappa shape index (κ3) is 4.07. The largest absolute Gasteiger partial charge is 0.354 e. The molecule has 0 aromatic carbocycles. The SMILES string of the molecule is O=C1CC[C@H](NC(=O)[C@@H]2CCCN2C2=NN3CCC=C3C(Nc3cc(C4CC4)[nH]n3)=N2)CN1. The van der Waals surface area contributed by atoms with Gasteiger partial charge in [0.1, 0.15) is 6.04 Å². The quantitative estimate of drug-likeness (QED) is 0.537. The van der Waals surface area contributed by atoms with Crippen LogP contribution in [0.2, 0.25) is 0 Å². The predicted molar refractivity (Wildman–Crippen MR) is 122 cm³/mol. The lowest BCUT2D eigenvalue weighted by atomic mass is 10.1. The zero-order valence-corrected chi connectivity index (χ0v) is 18.5. The zero-order chi connectivity index (χ0) is 22.4. The first-order valence-corrected chi connectivity index (χ1v) is 12.0. The molecule has 4 aliphatic heterocycles. The molecule has 3 fully saturated rings. The van der Waals surface area contributed by atoms with Crippen LogP contribution in [-0.4, -0.2) is 75.4 Å². The number of likely N-dealkylation sites (tertiary alicyclic amines) is 1. The number of aromatic amines is 1. The van der Waals surface area contributed by atoms with Crippen LogP contribution in [0, 0.1) is 0 Å². The summed E-state index contributed by atoms with van der Waals surface area (Å²) in [5.41, 5.74) is 2.11. The maximum Gasteiger partial charge on any atom is 0.245 e. The molecule has 0 spiro atoms. The lowest BCUT2D eigenvalue weighted by molar-refractivity contribution is -0.127. The number of nitrogens with one attached hydrogen (secondary N) is 4. The first kappa shape index (κ1) is 20.3. The summed E-state index contributed by atoms with van der Waals surface area (Å²) >= 11 is 0. The summed E-state index contributed by atoms with van der Waals surface area (Å²) in [6, 6.07) is 1.71. The normalized spacial score (nSPS) is 26.9. The fraction of sp³-hybridized carbons (Fsp3) is 0.591. The molecule has 0 unspecified atom stereocenters. The Morgan fingerprint density at radius 2 is 2.09 bits per heavy atom. The number of hydrazone groups is 1. The minimum Gasteiger partial charge on any atom is -0.354 e. The van der Waals surface area contributed by atoms with E-state index in [1.807, 2.05) is 9.91 Å². The van der Waals surface area contributed by atoms with Crippen LogP contribution in [0.5, 0.6) is 0 Å². The third-order valence-corrected chi connectivity index (χ3v) is 6.91. The number of H-pyrrole nitrogens is 1. The van der Waals surface area contributed by atoms with Crippen LogP contribution in [0.3, 0.4) is 0 Å². The molecule has 2 amide bonds. The van der Waals surface area contributed by atoms with Gasteiger partial charge in [0.2, 0.25) is 17.8 Å². The van der Waals surface area contributed by atoms with Gasteiger partial charge in [0.25, 0.3) is 0 Å². The van der Waals surface area contributed by atoms with Gasteiger partial charge in [0.05, 0.1) is 5.70 Å². The first-order chi connectivity index (χ1) is 16.1. The highest BCUT2D eigenvalue weighted by Crippen LogP contribution is 2.39. The number of nitrogens with zero attached hydrogens (tertiary/aromatic N) is 5. The molecule has 1 aromatic rings. The number of aromatic nitrogens is 2. The molecule has 2 atom stereocenters. The summed E-state index contributed by atoms with van der Waals surface area (Å²) in [5.74, 6) is 2.65. The predicted octanol–water partition coefficient (Wildman–Crippen LogP) is 0.831. The molecule has 1 aliphatic carbocycles. The minimum atomic E-state index is -0.314. The second-order valence-corrected chi connectivity index (χ2v) is 9.37. The number of anilines is 1. The van der Waals surface area contributed by atoms with E-state index >= 15 is 0 Å². The van der Waals surface area contributed by atoms with E-state index in [0.29, 0.717) is 37.1 Å². The number of aliphatic imine (C=N–C) groups is 1. The van der Waals surface area contributed by atoms with Crippen molar-refractivity contribution in [1.29, 1.82) is 0 Å². The maximum absolute atomic E-state index is 13.1. The van der Waals surface area contributed by atoms with E-state index in [4.69, 9.17) is 10.1 Å². The molecule has 1 saturated carbocycles. The average Bonchev–Trinajstić information content (AvgIpc) is 3.20. The molecule has 6 rings (SSSR count). The van der Waals surface area contributed by atoms with E-state index in [2.05, 4.69) is 38.3 Å². The summed E-state index contributed by atoms with van der Waals surface area (Å²) < 4.78 is 0. The summed E-state index contributed by atoms with van der Waals surface area (Å²) in [7, 11) is 0. The fourth-order valence-corrected chi connectivity index (χ4v) is 4.93. The summed E-state index contributed by atoms with van der Waals surface area (Å²) in [6.45, 7) is 2.01. The van der Waals surface area contributed by atoms with Crippen molar-refractivity contribution in [2.24, 2.45) is 10.1 Å². The smallest absolute Gasteiger partial charge is 0.245 e. The Hall–Kier alpha value is -3.37. The molecule has 1 aromatic heterocycles. The van der Waals surface area contributed by atoms with E-state index < -0.39 is 0 Å². The number of carbonyl (C=O) groups is 2. The second kappa shape index (κ2) is 8.20. The number of hydrogen-bond acceptors (Lipinski definition) is 8. The number of hydrogen-bond donors (Lipinski definition) is 4. The van der Waals surface area contributed by atoms with E-state index in [9.17, 15) is 9.59 Å². The van der Waals surface area contributed by atoms with E-state index in [1.165, 1.54) is 12.8 Å². The third-order valence-electron chi connectivity index (χ3n) is 6.91. The molecule has 33 heavy (non-hydrogen) atoms. The molecule has 2 saturated heterocycles. The van der Waals surface area contributed by atoms with Crippen molar-refractivity contribution in [2.75, 3.05) is 25.0 Å². The van der Waals surface area contributed by atoms with Crippen LogP contribution in [0.4, 0.5) is 5.82 Å². The summed E-state index contributed by atoms with van der Waals surface area (Å²) in [4.78, 5) is 31.4. The van der Waals surface area contributed by atoms with Gasteiger partial charge >= 0.3 is 0 Å². The number of rotatable bonds is 4. The van der Waals surface area contributed by atoms with Crippen molar-refractivity contribution in [2.45, 2.75) is 62.9 Å². The highest BCUT2D eigenvalue weighted by Gasteiger charge is 2.37. The molecule has 4 N–H and O–H groups in total. The Kier molecular flexibility index (Phi) is 5.03. The van der Waals surface area contributed by atoms with Crippen LogP contribution in [0.1, 0.15) is 56.6 Å². The summed E-state index contributed by atoms with van der Waals surface area (Å²) in [5, 5.41) is 23.6. The molecule has 0 radical (unpaired) electrons. The molecule has 5 aliphatic rings. The fourth-order valence-electron chi connectivity index (χ4n) is 4.93. The lowest BCUT2D eigenvalue weighted by Gasteiger charge is -2.31. The highest BCUT2D eigenvalue weighted by molar-refractivity contribution is 6.14. The van der Waals surface area contributed by atoms with Crippen molar-refractivity contribution >= 4 is 29.4 Å². The van der Waals surface area contributed by atoms with Crippen LogP contribution < -0.4 is 16.0 Å². The number of piperidine rings is 1. The van der Waals surface area contributed by atoms with Gasteiger partial charge in [-0.1, -0.05) is 6.08 Å². The number of carbonyl (C=O) groups excluding carboxylic acids is 2. The number of guanidine groups is 1. The maximum atomic E-state index is 13.1. The molecule has 11 heteroatoms. The van der Waals surface area contributed by atoms with Crippen molar-refractivity contribution in [3.05, 3.63) is 23.5 Å². The van der Waals surface area contributed by atoms with Crippen LogP contribution >= 0.6 is 0 Å². The van der Waals surface area contributed by atoms with Crippen LogP contribution in [0.15, 0.2) is 27.9 Å². The molecular weight excluding hydrogens is 422 g/mol. The first-order valence-electron chi connectivity index (χ1n) is 12.0. The Morgan fingerprint density at radius 3 is 2.91 bits per heavy atom. The monoisotopic (exact) mass is 451 g/mol. The molecular formula is C22H29N9O2. The van der Waals surface area contributed by atoms with Gasteiger partial charge < -0.3 is 20.9 Å². The topological polar surface area (TPSA) is 130 Å². The van der Waals surface area contributed by atoms with E-state index in [0.717, 1.165) is 49.6 Å². The van der Waals surface area contributed by atoms with Crippen LogP contribution in [0.25, 0.3) is 0 Å². The molecule has 5 heterocycles. The van der Waals surface area contributed by atoms with Gasteiger partial charge in [-0.25, -0.2) is 0 Å². The van der Waals surface area contributed by atoms with E-state index in [1.54, 1.807) is 0 Å². The van der Waals surface area contributed by atoms with Gasteiger partial charge in [0, 0.05) is 49.8 Å². The van der Waals surface area contributed by atoms with Crippen molar-refractivity contribution < 1.29 is 9.59 Å². The van der Waals surface area contributed by atoms with E-state index in [-0.39, 0.29) is 23.9 Å². The Balaban J connectivity index is 1.19. The van der Waals surface area contributed by atoms with Crippen molar-refractivity contribution in [3.8, 4) is 0 Å². The number of fused-ring (bicyclic) bond motifs is 1. The minimum absolute atomic E-state index is 0.0230. The zero-order valence-electron chi connectivity index (χ0n) is 18.5. The Morgan fingerprint density at radius 1 is 1.18 bits per heavy atom. The van der Waals surface area contributed by atoms with Gasteiger partial charge in [-0.05, 0) is 38.5 Å². The van der Waals surface area contributed by atoms with Gasteiger partial charge in [-0.15, -0.1) is 5.10 Å². The standard InChI is InChI=1S/C22H29N9O2/c32-19-8-7-14(12-23-19)24-21(33)17-4-1-9-30(17)22-26-20(16-3-2-10-31(16)29-22)25-18-11-15(27-28-18)13-5-6-13/h3,11,13-14,17H,1-2,4-10,12H2,(H,23,32)(H,24,33)(H2,25,26,27,28,29)/t14-,17-/m0/s1. The van der Waals surface area contributed by atoms with Crippen molar-refractivity contribution in [1.82, 2.24) is 30.7 Å². The van der Waals surface area contributed by atoms with Crippen LogP contribution in [-0.2, 0) is 9.59 Å². The number of amides is 2. The van der Waals surface area contributed by atoms with Crippen molar-refractivity contribution in [3.63, 3.8) is 0 Å². The molecule has 11 nitrogen and oxygen atoms in total. The second-order valence-electron chi connectivity index (χ2n) is 9.37. The average molecular weight is 452 g/mol. The Labute approximate surface area is 191 Å². The summed E-state index contributed by atoms with van der Waals surface area (Å²) in [6.07, 6.45) is 8.24. The lowest BCUT2D eigenvalue weighted by Crippen LogP contribution is -2.53. The molecule has 174 valence electrons. The van der Waals surface area contributed by atoms with Gasteiger partial charge in [0.15, 0.2) is 11.7 Å². The Bertz CT molecular complexity index is 1040. The molecule has 0 bridgehead atoms.